The maximum atomic E-state index is 12.4. The van der Waals surface area contributed by atoms with Gasteiger partial charge in [-0.15, -0.1) is 0 Å². The lowest BCUT2D eigenvalue weighted by Gasteiger charge is -2.55. The summed E-state index contributed by atoms with van der Waals surface area (Å²) >= 11 is 0. The molecule has 2 atom stereocenters. The number of ether oxygens (including phenoxy) is 1. The van der Waals surface area contributed by atoms with Crippen LogP contribution in [0, 0.1) is 0 Å². The molecule has 33 heavy (non-hydrogen) atoms. The third-order valence-electron chi connectivity index (χ3n) is 6.46. The van der Waals surface area contributed by atoms with E-state index in [-0.39, 0.29) is 24.7 Å². The second-order valence-corrected chi connectivity index (χ2v) is 12.9. The van der Waals surface area contributed by atoms with Crippen molar-refractivity contribution in [3.63, 3.8) is 0 Å². The van der Waals surface area contributed by atoms with Crippen molar-refractivity contribution < 1.29 is 18.8 Å². The molecular formula is C27H29NO4Si. The molecule has 170 valence electrons. The van der Waals surface area contributed by atoms with Gasteiger partial charge in [-0.05, 0) is 21.5 Å². The third kappa shape index (κ3) is 4.36. The van der Waals surface area contributed by atoms with Gasteiger partial charge >= 0.3 is 6.09 Å². The molecule has 1 aliphatic heterocycles. The Morgan fingerprint density at radius 3 is 2.30 bits per heavy atom. The fraction of sp³-hybridized carbons (Fsp3) is 0.259. The van der Waals surface area contributed by atoms with Gasteiger partial charge in [-0.2, -0.15) is 0 Å². The molecule has 1 N–H and O–H groups in total. The summed E-state index contributed by atoms with van der Waals surface area (Å²) in [7, 11) is -2.59. The average Bonchev–Trinajstić information content (AvgIpc) is 2.84. The number of amides is 1. The van der Waals surface area contributed by atoms with Gasteiger partial charge < -0.3 is 19.3 Å². The van der Waals surface area contributed by atoms with Crippen LogP contribution in [-0.2, 0) is 25.6 Å². The van der Waals surface area contributed by atoms with Gasteiger partial charge in [0.05, 0.1) is 12.6 Å². The van der Waals surface area contributed by atoms with Crippen molar-refractivity contribution in [3.05, 3.63) is 96.1 Å². The van der Waals surface area contributed by atoms with Crippen LogP contribution in [0.3, 0.4) is 0 Å². The molecule has 0 spiro atoms. The minimum atomic E-state index is -2.59. The molecule has 3 aromatic carbocycles. The molecule has 0 bridgehead atoms. The van der Waals surface area contributed by atoms with E-state index < -0.39 is 20.5 Å². The van der Waals surface area contributed by atoms with E-state index >= 15 is 0 Å². The number of alkyl carbamates (subject to hydrolysis) is 1. The molecule has 1 aliphatic rings. The molecule has 0 aromatic heterocycles. The third-order valence-corrected chi connectivity index (χ3v) is 11.4. The first kappa shape index (κ1) is 23.0. The predicted molar refractivity (Wildman–Crippen MR) is 131 cm³/mol. The van der Waals surface area contributed by atoms with Crippen molar-refractivity contribution in [2.75, 3.05) is 6.61 Å². The van der Waals surface area contributed by atoms with Crippen LogP contribution in [0.25, 0.3) is 0 Å². The van der Waals surface area contributed by atoms with Gasteiger partial charge in [-0.3, -0.25) is 0 Å². The maximum Gasteiger partial charge on any atom is 0.407 e. The molecule has 4 rings (SSSR count). The summed E-state index contributed by atoms with van der Waals surface area (Å²) in [6.07, 6.45) is 0.405. The smallest absolute Gasteiger partial charge is 0.407 e. The van der Waals surface area contributed by atoms with Gasteiger partial charge in [-0.25, -0.2) is 4.79 Å². The Kier molecular flexibility index (Phi) is 6.77. The quantitative estimate of drug-likeness (QED) is 0.393. The zero-order valence-corrected chi connectivity index (χ0v) is 20.0. The SMILES string of the molecule is CC1(C)c2ccccc2[Si]1(OC[C@H](CC=O)NC(=O)OCc1ccccc1)c1ccccc1. The molecular weight excluding hydrogens is 430 g/mol. The van der Waals surface area contributed by atoms with Gasteiger partial charge in [0.2, 0.25) is 0 Å². The molecule has 1 heterocycles. The Morgan fingerprint density at radius 1 is 0.970 bits per heavy atom. The zero-order valence-electron chi connectivity index (χ0n) is 19.0. The largest absolute Gasteiger partial charge is 0.445 e. The highest BCUT2D eigenvalue weighted by Gasteiger charge is 2.63. The highest BCUT2D eigenvalue weighted by Crippen LogP contribution is 2.42. The molecule has 0 saturated carbocycles. The summed E-state index contributed by atoms with van der Waals surface area (Å²) < 4.78 is 12.1. The number of hydrogen-bond donors (Lipinski definition) is 1. The molecule has 3 aromatic rings. The normalized spacial score (nSPS) is 19.0. The molecule has 6 heteroatoms. The van der Waals surface area contributed by atoms with Crippen molar-refractivity contribution in [2.45, 2.75) is 38.0 Å². The summed E-state index contributed by atoms with van der Waals surface area (Å²) in [4.78, 5) is 23.8. The van der Waals surface area contributed by atoms with Gasteiger partial charge in [0.25, 0.3) is 8.32 Å². The second kappa shape index (κ2) is 9.73. The van der Waals surface area contributed by atoms with Crippen LogP contribution < -0.4 is 15.7 Å². The molecule has 5 nitrogen and oxygen atoms in total. The van der Waals surface area contributed by atoms with E-state index in [4.69, 9.17) is 9.16 Å². The average molecular weight is 460 g/mol. The summed E-state index contributed by atoms with van der Waals surface area (Å²) in [5, 5.41) is 5.10. The van der Waals surface area contributed by atoms with Crippen molar-refractivity contribution in [3.8, 4) is 0 Å². The topological polar surface area (TPSA) is 64.6 Å². The number of rotatable bonds is 9. The van der Waals surface area contributed by atoms with E-state index in [1.165, 1.54) is 15.9 Å². The van der Waals surface area contributed by atoms with Crippen molar-refractivity contribution in [1.29, 1.82) is 0 Å². The van der Waals surface area contributed by atoms with E-state index in [9.17, 15) is 9.59 Å². The van der Waals surface area contributed by atoms with Crippen LogP contribution in [0.2, 0.25) is 0 Å². The number of carbonyl (C=O) groups is 2. The maximum absolute atomic E-state index is 12.4. The minimum Gasteiger partial charge on any atom is -0.445 e. The number of fused-ring (bicyclic) bond motifs is 1. The summed E-state index contributed by atoms with van der Waals surface area (Å²) in [6, 6.07) is 27.8. The first-order chi connectivity index (χ1) is 16.0. The van der Waals surface area contributed by atoms with Crippen LogP contribution in [-0.4, -0.2) is 33.3 Å². The number of nitrogens with one attached hydrogen (secondary N) is 1. The molecule has 0 aliphatic carbocycles. The second-order valence-electron chi connectivity index (χ2n) is 8.83. The van der Waals surface area contributed by atoms with E-state index in [1.807, 2.05) is 54.6 Å². The number of hydrogen-bond acceptors (Lipinski definition) is 4. The molecule has 0 radical (unpaired) electrons. The van der Waals surface area contributed by atoms with E-state index in [2.05, 4.69) is 49.5 Å². The van der Waals surface area contributed by atoms with Crippen molar-refractivity contribution in [2.24, 2.45) is 0 Å². The summed E-state index contributed by atoms with van der Waals surface area (Å²) in [5.41, 5.74) is 2.20. The molecule has 0 fully saturated rings. The number of aldehydes is 1. The highest BCUT2D eigenvalue weighted by atomic mass is 28.4. The number of carbonyl (C=O) groups excluding carboxylic acids is 2. The standard InChI is InChI=1S/C27H29NO4Si/c1-27(2)24-15-9-10-16-25(24)33(27,23-13-7-4-8-14-23)32-20-22(17-18-29)28-26(30)31-19-21-11-5-3-6-12-21/h3-16,18,22H,17,19-20H2,1-2H3,(H,28,30)/t22-,33?/m0/s1. The van der Waals surface area contributed by atoms with Crippen LogP contribution >= 0.6 is 0 Å². The lowest BCUT2D eigenvalue weighted by molar-refractivity contribution is -0.108. The first-order valence-electron chi connectivity index (χ1n) is 11.2. The predicted octanol–water partition coefficient (Wildman–Crippen LogP) is 3.48. The fourth-order valence-corrected chi connectivity index (χ4v) is 9.79. The molecule has 1 unspecified atom stereocenters. The van der Waals surface area contributed by atoms with E-state index in [0.717, 1.165) is 11.8 Å². The van der Waals surface area contributed by atoms with Gasteiger partial charge in [0.15, 0.2) is 0 Å². The Bertz CT molecular complexity index is 1100. The Hall–Kier alpha value is -3.22. The summed E-state index contributed by atoms with van der Waals surface area (Å²) in [6.45, 7) is 4.86. The lowest BCUT2D eigenvalue weighted by Crippen LogP contribution is -2.81. The zero-order chi connectivity index (χ0) is 23.3. The molecule has 0 saturated heterocycles. The van der Waals surface area contributed by atoms with Crippen molar-refractivity contribution >= 4 is 31.1 Å². The van der Waals surface area contributed by atoms with Crippen LogP contribution in [0.1, 0.15) is 31.4 Å². The van der Waals surface area contributed by atoms with Crippen LogP contribution in [0.5, 0.6) is 0 Å². The number of benzene rings is 3. The van der Waals surface area contributed by atoms with Gasteiger partial charge in [0, 0.05) is 11.5 Å². The minimum absolute atomic E-state index is 0.148. The van der Waals surface area contributed by atoms with Gasteiger partial charge in [0.1, 0.15) is 12.9 Å². The summed E-state index contributed by atoms with van der Waals surface area (Å²) in [5.74, 6) is 0. The highest BCUT2D eigenvalue weighted by molar-refractivity contribution is 7.03. The Labute approximate surface area is 195 Å². The van der Waals surface area contributed by atoms with Crippen LogP contribution in [0.15, 0.2) is 84.9 Å². The molecule has 1 amide bonds. The lowest BCUT2D eigenvalue weighted by atomic mass is 10.0. The van der Waals surface area contributed by atoms with Crippen LogP contribution in [0.4, 0.5) is 4.79 Å². The monoisotopic (exact) mass is 459 g/mol. The van der Waals surface area contributed by atoms with Gasteiger partial charge in [-0.1, -0.05) is 98.8 Å². The van der Waals surface area contributed by atoms with E-state index in [0.29, 0.717) is 0 Å². The fourth-order valence-electron chi connectivity index (χ4n) is 4.77. The van der Waals surface area contributed by atoms with E-state index in [1.54, 1.807) is 0 Å². The van der Waals surface area contributed by atoms with Crippen molar-refractivity contribution in [1.82, 2.24) is 5.32 Å². The Balaban J connectivity index is 1.51. The first-order valence-corrected chi connectivity index (χ1v) is 13.1. The Morgan fingerprint density at radius 2 is 1.61 bits per heavy atom.